The Kier molecular flexibility index (Phi) is 4.65. The van der Waals surface area contributed by atoms with Crippen molar-refractivity contribution in [3.8, 4) is 0 Å². The molecule has 0 aromatic carbocycles. The fourth-order valence-corrected chi connectivity index (χ4v) is 2.01. The fraction of sp³-hybridized carbons (Fsp3) is 1.00. The van der Waals surface area contributed by atoms with Crippen molar-refractivity contribution < 1.29 is 0 Å². The van der Waals surface area contributed by atoms with Crippen LogP contribution in [0, 0.1) is 5.92 Å². The van der Waals surface area contributed by atoms with E-state index >= 15 is 0 Å². The molecule has 1 rings (SSSR count). The second kappa shape index (κ2) is 5.62. The van der Waals surface area contributed by atoms with Crippen LogP contribution in [-0.4, -0.2) is 0 Å². The van der Waals surface area contributed by atoms with Crippen LogP contribution in [-0.2, 0) is 0 Å². The molecular weight excluding hydrogens is 132 g/mol. The zero-order valence-corrected chi connectivity index (χ0v) is 7.94. The highest BCUT2D eigenvalue weighted by Gasteiger charge is 2.03. The summed E-state index contributed by atoms with van der Waals surface area (Å²) >= 11 is 0. The van der Waals surface area contributed by atoms with Gasteiger partial charge >= 0.3 is 0 Å². The second-order valence-corrected chi connectivity index (χ2v) is 4.16. The Morgan fingerprint density at radius 2 is 1.00 bits per heavy atom. The minimum Gasteiger partial charge on any atom is -0.0625 e. The van der Waals surface area contributed by atoms with Crippen molar-refractivity contribution in [2.75, 3.05) is 0 Å². The first kappa shape index (κ1) is 9.09. The van der Waals surface area contributed by atoms with Crippen LogP contribution in [0.15, 0.2) is 0 Å². The summed E-state index contributed by atoms with van der Waals surface area (Å²) in [5, 5.41) is 0. The van der Waals surface area contributed by atoms with Crippen LogP contribution in [0.2, 0.25) is 0 Å². The molecule has 0 saturated heterocycles. The lowest BCUT2D eigenvalue weighted by atomic mass is 9.94. The van der Waals surface area contributed by atoms with Crippen LogP contribution in [0.1, 0.15) is 64.7 Å². The molecule has 0 nitrogen and oxygen atoms in total. The highest BCUT2D eigenvalue weighted by atomic mass is 14.1. The van der Waals surface area contributed by atoms with Gasteiger partial charge in [0.2, 0.25) is 0 Å². The van der Waals surface area contributed by atoms with Gasteiger partial charge in [-0.05, 0) is 5.92 Å². The van der Waals surface area contributed by atoms with Crippen LogP contribution >= 0.6 is 0 Å². The molecule has 1 aliphatic rings. The van der Waals surface area contributed by atoms with Gasteiger partial charge < -0.3 is 0 Å². The standard InChI is InChI=1S/C11H22/c1-11-9-7-5-3-2-4-6-8-10-11/h11H,2-10H2,1H3. The van der Waals surface area contributed by atoms with Gasteiger partial charge in [0.1, 0.15) is 0 Å². The topological polar surface area (TPSA) is 0 Å². The van der Waals surface area contributed by atoms with Crippen molar-refractivity contribution in [1.82, 2.24) is 0 Å². The third-order valence-electron chi connectivity index (χ3n) is 2.89. The normalized spacial score (nSPS) is 24.8. The second-order valence-electron chi connectivity index (χ2n) is 4.16. The Labute approximate surface area is 71.4 Å². The summed E-state index contributed by atoms with van der Waals surface area (Å²) in [5.41, 5.74) is 0. The Hall–Kier alpha value is 0. The molecule has 0 bridgehead atoms. The fourth-order valence-electron chi connectivity index (χ4n) is 2.01. The SMILES string of the molecule is CC1CCCCCCCCC1. The van der Waals surface area contributed by atoms with Gasteiger partial charge in [0, 0.05) is 0 Å². The van der Waals surface area contributed by atoms with E-state index in [2.05, 4.69) is 6.92 Å². The summed E-state index contributed by atoms with van der Waals surface area (Å²) in [6.45, 7) is 2.42. The van der Waals surface area contributed by atoms with Gasteiger partial charge in [-0.1, -0.05) is 64.7 Å². The molecule has 0 aromatic rings. The van der Waals surface area contributed by atoms with Gasteiger partial charge in [0.15, 0.2) is 0 Å². The smallest absolute Gasteiger partial charge is 0.0443 e. The van der Waals surface area contributed by atoms with Crippen LogP contribution < -0.4 is 0 Å². The summed E-state index contributed by atoms with van der Waals surface area (Å²) in [6.07, 6.45) is 13.4. The van der Waals surface area contributed by atoms with Crippen molar-refractivity contribution in [3.63, 3.8) is 0 Å². The lowest BCUT2D eigenvalue weighted by Crippen LogP contribution is -1.96. The molecule has 0 atom stereocenters. The van der Waals surface area contributed by atoms with E-state index < -0.39 is 0 Å². The Balaban J connectivity index is 2.12. The molecule has 0 radical (unpaired) electrons. The molecule has 1 aliphatic carbocycles. The zero-order valence-electron chi connectivity index (χ0n) is 7.94. The van der Waals surface area contributed by atoms with Crippen molar-refractivity contribution >= 4 is 0 Å². The van der Waals surface area contributed by atoms with E-state index in [-0.39, 0.29) is 0 Å². The highest BCUT2D eigenvalue weighted by Crippen LogP contribution is 2.20. The highest BCUT2D eigenvalue weighted by molar-refractivity contribution is 4.57. The minimum absolute atomic E-state index is 1.01. The van der Waals surface area contributed by atoms with Crippen molar-refractivity contribution in [2.24, 2.45) is 5.92 Å². The quantitative estimate of drug-likeness (QED) is 0.492. The van der Waals surface area contributed by atoms with E-state index in [1.807, 2.05) is 0 Å². The predicted octanol–water partition coefficient (Wildman–Crippen LogP) is 4.15. The summed E-state index contributed by atoms with van der Waals surface area (Å²) in [4.78, 5) is 0. The van der Waals surface area contributed by atoms with Gasteiger partial charge in [-0.3, -0.25) is 0 Å². The molecule has 1 fully saturated rings. The maximum absolute atomic E-state index is 2.42. The molecule has 66 valence electrons. The Bertz CT molecular complexity index is 76.0. The van der Waals surface area contributed by atoms with Crippen molar-refractivity contribution in [2.45, 2.75) is 64.7 Å². The van der Waals surface area contributed by atoms with Gasteiger partial charge in [-0.25, -0.2) is 0 Å². The first-order chi connectivity index (χ1) is 5.39. The van der Waals surface area contributed by atoms with Crippen molar-refractivity contribution in [3.05, 3.63) is 0 Å². The van der Waals surface area contributed by atoms with E-state index in [4.69, 9.17) is 0 Å². The molecule has 0 N–H and O–H groups in total. The first-order valence-electron chi connectivity index (χ1n) is 5.39. The molecule has 0 amide bonds. The largest absolute Gasteiger partial charge is 0.0625 e. The van der Waals surface area contributed by atoms with Gasteiger partial charge in [-0.15, -0.1) is 0 Å². The van der Waals surface area contributed by atoms with Crippen LogP contribution in [0.3, 0.4) is 0 Å². The van der Waals surface area contributed by atoms with Gasteiger partial charge in [-0.2, -0.15) is 0 Å². The average molecular weight is 154 g/mol. The van der Waals surface area contributed by atoms with E-state index in [9.17, 15) is 0 Å². The van der Waals surface area contributed by atoms with Crippen LogP contribution in [0.4, 0.5) is 0 Å². The lowest BCUT2D eigenvalue weighted by molar-refractivity contribution is 0.414. The minimum atomic E-state index is 1.01. The van der Waals surface area contributed by atoms with E-state index in [0.717, 1.165) is 5.92 Å². The monoisotopic (exact) mass is 154 g/mol. The molecule has 0 heteroatoms. The van der Waals surface area contributed by atoms with Crippen LogP contribution in [0.5, 0.6) is 0 Å². The molecule has 0 aliphatic heterocycles. The maximum atomic E-state index is 2.42. The van der Waals surface area contributed by atoms with Crippen molar-refractivity contribution in [1.29, 1.82) is 0 Å². The maximum Gasteiger partial charge on any atom is -0.0443 e. The zero-order chi connectivity index (χ0) is 7.94. The third kappa shape index (κ3) is 4.44. The number of rotatable bonds is 0. The summed E-state index contributed by atoms with van der Waals surface area (Å²) in [5.74, 6) is 1.01. The van der Waals surface area contributed by atoms with E-state index in [0.29, 0.717) is 0 Å². The molecule has 0 unspecified atom stereocenters. The summed E-state index contributed by atoms with van der Waals surface area (Å²) < 4.78 is 0. The van der Waals surface area contributed by atoms with Gasteiger partial charge in [0.25, 0.3) is 0 Å². The lowest BCUT2D eigenvalue weighted by Gasteiger charge is -2.12. The Morgan fingerprint density at radius 3 is 1.45 bits per heavy atom. The molecule has 0 aromatic heterocycles. The summed E-state index contributed by atoms with van der Waals surface area (Å²) in [6, 6.07) is 0. The third-order valence-corrected chi connectivity index (χ3v) is 2.89. The predicted molar refractivity (Wildman–Crippen MR) is 50.7 cm³/mol. The number of hydrogen-bond donors (Lipinski definition) is 0. The molecule has 1 saturated carbocycles. The van der Waals surface area contributed by atoms with Gasteiger partial charge in [0.05, 0.1) is 0 Å². The Morgan fingerprint density at radius 1 is 0.636 bits per heavy atom. The molecule has 11 heavy (non-hydrogen) atoms. The summed E-state index contributed by atoms with van der Waals surface area (Å²) in [7, 11) is 0. The first-order valence-corrected chi connectivity index (χ1v) is 5.39. The van der Waals surface area contributed by atoms with Crippen LogP contribution in [0.25, 0.3) is 0 Å². The van der Waals surface area contributed by atoms with E-state index in [1.165, 1.54) is 57.8 Å². The molecule has 0 spiro atoms. The van der Waals surface area contributed by atoms with E-state index in [1.54, 1.807) is 0 Å². The average Bonchev–Trinajstić information content (AvgIpc) is 2.03. The number of hydrogen-bond acceptors (Lipinski definition) is 0. The molecular formula is C11H22. The molecule has 0 heterocycles.